The van der Waals surface area contributed by atoms with Crippen LogP contribution in [0.5, 0.6) is 0 Å². The highest BCUT2D eigenvalue weighted by molar-refractivity contribution is 6.33. The van der Waals surface area contributed by atoms with Crippen LogP contribution in [-0.4, -0.2) is 10.9 Å². The minimum atomic E-state index is -0.0881. The number of carbonyl (C=O) groups excluding carboxylic acids is 1. The number of halogens is 1. The highest BCUT2D eigenvalue weighted by atomic mass is 35.5. The lowest BCUT2D eigenvalue weighted by molar-refractivity contribution is -0.115. The Morgan fingerprint density at radius 1 is 1.24 bits per heavy atom. The van der Waals surface area contributed by atoms with Gasteiger partial charge in [0.2, 0.25) is 11.8 Å². The summed E-state index contributed by atoms with van der Waals surface area (Å²) in [5.74, 6) is 0.908. The Bertz CT molecular complexity index is 917. The molecule has 4 nitrogen and oxygen atoms in total. The van der Waals surface area contributed by atoms with Gasteiger partial charge in [0.15, 0.2) is 5.58 Å². The van der Waals surface area contributed by atoms with Gasteiger partial charge in [-0.3, -0.25) is 4.79 Å². The third-order valence-electron chi connectivity index (χ3n) is 4.40. The van der Waals surface area contributed by atoms with Gasteiger partial charge in [0.25, 0.3) is 0 Å². The number of hydrogen-bond acceptors (Lipinski definition) is 3. The number of carbonyl (C=O) groups is 1. The van der Waals surface area contributed by atoms with Crippen molar-refractivity contribution in [2.45, 2.75) is 39.5 Å². The number of hydrogen-bond donors (Lipinski definition) is 1. The molecule has 3 aromatic rings. The summed E-state index contributed by atoms with van der Waals surface area (Å²) < 4.78 is 5.88. The summed E-state index contributed by atoms with van der Waals surface area (Å²) in [6, 6.07) is 11.5. The molecule has 1 N–H and O–H groups in total. The number of aromatic nitrogens is 1. The van der Waals surface area contributed by atoms with E-state index in [0.29, 0.717) is 28.9 Å². The van der Waals surface area contributed by atoms with Crippen LogP contribution in [-0.2, 0) is 4.79 Å². The van der Waals surface area contributed by atoms with Crippen LogP contribution in [0.4, 0.5) is 5.69 Å². The summed E-state index contributed by atoms with van der Waals surface area (Å²) in [5.41, 5.74) is 4.17. The van der Waals surface area contributed by atoms with Crippen LogP contribution in [0.3, 0.4) is 0 Å². The van der Waals surface area contributed by atoms with Crippen molar-refractivity contribution < 1.29 is 9.21 Å². The smallest absolute Gasteiger partial charge is 0.227 e. The fourth-order valence-electron chi connectivity index (χ4n) is 2.60. The van der Waals surface area contributed by atoms with Crippen LogP contribution in [0.2, 0.25) is 5.02 Å². The second-order valence-corrected chi connectivity index (χ2v) is 6.56. The SMILES string of the molecule is CCC(=O)Nc1cc(-c2nc3cc([C@@H](C)CC)ccc3o2)ccc1Cl. The molecule has 5 heteroatoms. The second-order valence-electron chi connectivity index (χ2n) is 6.15. The van der Waals surface area contributed by atoms with Crippen molar-refractivity contribution in [2.75, 3.05) is 5.32 Å². The molecule has 1 aromatic heterocycles. The Morgan fingerprint density at radius 3 is 2.76 bits per heavy atom. The predicted molar refractivity (Wildman–Crippen MR) is 102 cm³/mol. The number of nitrogens with zero attached hydrogens (tertiary/aromatic N) is 1. The van der Waals surface area contributed by atoms with E-state index in [1.54, 1.807) is 19.1 Å². The van der Waals surface area contributed by atoms with Gasteiger partial charge in [-0.1, -0.05) is 38.4 Å². The quantitative estimate of drug-likeness (QED) is 0.609. The molecule has 1 atom stereocenters. The molecule has 0 saturated heterocycles. The molecule has 0 fully saturated rings. The zero-order valence-corrected chi connectivity index (χ0v) is 15.4. The van der Waals surface area contributed by atoms with E-state index < -0.39 is 0 Å². The van der Waals surface area contributed by atoms with Crippen LogP contribution in [0, 0.1) is 0 Å². The molecule has 0 saturated carbocycles. The summed E-state index contributed by atoms with van der Waals surface area (Å²) in [6.45, 7) is 6.16. The van der Waals surface area contributed by atoms with Gasteiger partial charge in [0.05, 0.1) is 10.7 Å². The van der Waals surface area contributed by atoms with Gasteiger partial charge in [0, 0.05) is 12.0 Å². The highest BCUT2D eigenvalue weighted by Crippen LogP contribution is 2.31. The summed E-state index contributed by atoms with van der Waals surface area (Å²) in [4.78, 5) is 16.3. The molecule has 0 aliphatic heterocycles. The Hall–Kier alpha value is -2.33. The Balaban J connectivity index is 1.98. The normalized spacial score (nSPS) is 12.3. The maximum Gasteiger partial charge on any atom is 0.227 e. The van der Waals surface area contributed by atoms with Crippen LogP contribution >= 0.6 is 11.6 Å². The van der Waals surface area contributed by atoms with Crippen molar-refractivity contribution in [2.24, 2.45) is 0 Å². The monoisotopic (exact) mass is 356 g/mol. The first kappa shape index (κ1) is 17.5. The summed E-state index contributed by atoms with van der Waals surface area (Å²) in [5, 5.41) is 3.28. The van der Waals surface area contributed by atoms with Crippen LogP contribution in [0.25, 0.3) is 22.6 Å². The lowest BCUT2D eigenvalue weighted by Gasteiger charge is -2.07. The molecular weight excluding hydrogens is 336 g/mol. The molecule has 0 aliphatic rings. The fraction of sp³-hybridized carbons (Fsp3) is 0.300. The minimum absolute atomic E-state index is 0.0881. The van der Waals surface area contributed by atoms with E-state index in [2.05, 4.69) is 36.3 Å². The molecule has 3 rings (SSSR count). The lowest BCUT2D eigenvalue weighted by atomic mass is 9.98. The van der Waals surface area contributed by atoms with Crippen LogP contribution < -0.4 is 5.32 Å². The Labute approximate surface area is 152 Å². The van der Waals surface area contributed by atoms with E-state index in [-0.39, 0.29) is 5.91 Å². The predicted octanol–water partition coefficient (Wildman–Crippen LogP) is 6.01. The number of amides is 1. The number of fused-ring (bicyclic) bond motifs is 1. The molecule has 0 aliphatic carbocycles. The van der Waals surface area contributed by atoms with Crippen molar-refractivity contribution in [1.82, 2.24) is 4.98 Å². The molecule has 1 amide bonds. The van der Waals surface area contributed by atoms with E-state index in [0.717, 1.165) is 23.1 Å². The molecule has 0 spiro atoms. The van der Waals surface area contributed by atoms with Gasteiger partial charge < -0.3 is 9.73 Å². The summed E-state index contributed by atoms with van der Waals surface area (Å²) in [6.07, 6.45) is 1.47. The van der Waals surface area contributed by atoms with Gasteiger partial charge in [-0.2, -0.15) is 0 Å². The third kappa shape index (κ3) is 3.69. The highest BCUT2D eigenvalue weighted by Gasteiger charge is 2.13. The number of anilines is 1. The molecule has 0 unspecified atom stereocenters. The Morgan fingerprint density at radius 2 is 2.04 bits per heavy atom. The first-order chi connectivity index (χ1) is 12.0. The third-order valence-corrected chi connectivity index (χ3v) is 4.73. The molecule has 0 bridgehead atoms. The van der Waals surface area contributed by atoms with Gasteiger partial charge in [0.1, 0.15) is 5.52 Å². The molecule has 130 valence electrons. The van der Waals surface area contributed by atoms with Gasteiger partial charge in [-0.05, 0) is 48.2 Å². The first-order valence-corrected chi connectivity index (χ1v) is 8.89. The maximum atomic E-state index is 11.6. The van der Waals surface area contributed by atoms with Crippen molar-refractivity contribution in [3.05, 3.63) is 47.0 Å². The van der Waals surface area contributed by atoms with E-state index in [4.69, 9.17) is 16.0 Å². The van der Waals surface area contributed by atoms with Crippen molar-refractivity contribution in [3.8, 4) is 11.5 Å². The van der Waals surface area contributed by atoms with Gasteiger partial charge in [-0.15, -0.1) is 0 Å². The number of rotatable bonds is 5. The first-order valence-electron chi connectivity index (χ1n) is 8.52. The minimum Gasteiger partial charge on any atom is -0.436 e. The zero-order valence-electron chi connectivity index (χ0n) is 14.6. The van der Waals surface area contributed by atoms with E-state index in [1.165, 1.54) is 5.56 Å². The van der Waals surface area contributed by atoms with E-state index in [1.807, 2.05) is 12.1 Å². The molecule has 0 radical (unpaired) electrons. The van der Waals surface area contributed by atoms with Crippen molar-refractivity contribution in [1.29, 1.82) is 0 Å². The van der Waals surface area contributed by atoms with E-state index in [9.17, 15) is 4.79 Å². The lowest BCUT2D eigenvalue weighted by Crippen LogP contribution is -2.09. The Kier molecular flexibility index (Phi) is 5.09. The fourth-order valence-corrected chi connectivity index (χ4v) is 2.77. The van der Waals surface area contributed by atoms with Crippen molar-refractivity contribution in [3.63, 3.8) is 0 Å². The molecule has 2 aromatic carbocycles. The van der Waals surface area contributed by atoms with Crippen molar-refractivity contribution >= 4 is 34.3 Å². The molecular formula is C20H21ClN2O2. The number of benzene rings is 2. The van der Waals surface area contributed by atoms with Gasteiger partial charge >= 0.3 is 0 Å². The van der Waals surface area contributed by atoms with E-state index >= 15 is 0 Å². The average molecular weight is 357 g/mol. The maximum absolute atomic E-state index is 11.6. The molecule has 1 heterocycles. The second kappa shape index (κ2) is 7.28. The largest absolute Gasteiger partial charge is 0.436 e. The summed E-state index contributed by atoms with van der Waals surface area (Å²) >= 11 is 6.17. The van der Waals surface area contributed by atoms with Crippen LogP contribution in [0.15, 0.2) is 40.8 Å². The number of nitrogens with one attached hydrogen (secondary N) is 1. The topological polar surface area (TPSA) is 55.1 Å². The average Bonchev–Trinajstić information content (AvgIpc) is 3.05. The molecule has 25 heavy (non-hydrogen) atoms. The van der Waals surface area contributed by atoms with Crippen LogP contribution in [0.1, 0.15) is 45.1 Å². The zero-order chi connectivity index (χ0) is 18.0. The number of oxazole rings is 1. The van der Waals surface area contributed by atoms with Gasteiger partial charge in [-0.25, -0.2) is 4.98 Å². The standard InChI is InChI=1S/C20H21ClN2O2/c1-4-12(3)13-7-9-18-17(10-13)23-20(25-18)14-6-8-15(21)16(11-14)22-19(24)5-2/h6-12H,4-5H2,1-3H3,(H,22,24)/t12-/m0/s1. The summed E-state index contributed by atoms with van der Waals surface area (Å²) in [7, 11) is 0.